The molecule has 0 saturated carbocycles. The molecule has 0 radical (unpaired) electrons. The Morgan fingerprint density at radius 1 is 1.14 bits per heavy atom. The predicted molar refractivity (Wildman–Crippen MR) is 112 cm³/mol. The number of hydrogen-bond donors (Lipinski definition) is 2. The maximum absolute atomic E-state index is 12.6. The van der Waals surface area contributed by atoms with E-state index >= 15 is 0 Å². The Morgan fingerprint density at radius 3 is 2.57 bits per heavy atom. The standard InChI is InChI=1S/C19H19N3O3S3/c1-20-28(24,25)16-8-6-14(7-9-16)10-21-19(23)17-4-2-3-5-18(17)27-12-15-11-26-13-22-15/h2-9,11,13,20H,10,12H2,1H3,(H,21,23). The summed E-state index contributed by atoms with van der Waals surface area (Å²) in [6, 6.07) is 13.9. The fourth-order valence-corrected chi connectivity index (χ4v) is 4.77. The summed E-state index contributed by atoms with van der Waals surface area (Å²) in [7, 11) is -2.10. The zero-order chi connectivity index (χ0) is 20.0. The topological polar surface area (TPSA) is 88.2 Å². The van der Waals surface area contributed by atoms with Gasteiger partial charge in [0.2, 0.25) is 10.0 Å². The second kappa shape index (κ2) is 9.33. The molecule has 0 atom stereocenters. The van der Waals surface area contributed by atoms with E-state index in [1.807, 2.05) is 23.6 Å². The summed E-state index contributed by atoms with van der Waals surface area (Å²) in [6.07, 6.45) is 0. The van der Waals surface area contributed by atoms with Crippen molar-refractivity contribution >= 4 is 39.0 Å². The third kappa shape index (κ3) is 5.20. The minimum absolute atomic E-state index is 0.173. The number of sulfonamides is 1. The number of carbonyl (C=O) groups excluding carboxylic acids is 1. The van der Waals surface area contributed by atoms with Crippen LogP contribution in [0, 0.1) is 0 Å². The molecule has 0 unspecified atom stereocenters. The Hall–Kier alpha value is -2.20. The van der Waals surface area contributed by atoms with Crippen molar-refractivity contribution in [2.24, 2.45) is 0 Å². The Bertz CT molecular complexity index is 1030. The van der Waals surface area contributed by atoms with Gasteiger partial charge in [-0.2, -0.15) is 0 Å². The van der Waals surface area contributed by atoms with Crippen LogP contribution in [0.4, 0.5) is 0 Å². The smallest absolute Gasteiger partial charge is 0.252 e. The highest BCUT2D eigenvalue weighted by Crippen LogP contribution is 2.26. The molecule has 0 saturated heterocycles. The molecule has 1 aromatic heterocycles. The molecule has 0 aliphatic heterocycles. The lowest BCUT2D eigenvalue weighted by Gasteiger charge is -2.10. The molecule has 3 aromatic rings. The highest BCUT2D eigenvalue weighted by molar-refractivity contribution is 7.98. The third-order valence-electron chi connectivity index (χ3n) is 3.95. The van der Waals surface area contributed by atoms with Crippen LogP contribution < -0.4 is 10.0 Å². The molecule has 0 aliphatic carbocycles. The third-order valence-corrected chi connectivity index (χ3v) is 7.12. The van der Waals surface area contributed by atoms with E-state index in [9.17, 15) is 13.2 Å². The minimum atomic E-state index is -3.46. The number of thiazole rings is 1. The molecule has 3 rings (SSSR count). The van der Waals surface area contributed by atoms with Crippen molar-refractivity contribution in [2.45, 2.75) is 22.1 Å². The van der Waals surface area contributed by atoms with E-state index in [0.717, 1.165) is 16.2 Å². The summed E-state index contributed by atoms with van der Waals surface area (Å²) < 4.78 is 25.8. The number of nitrogens with zero attached hydrogens (tertiary/aromatic N) is 1. The van der Waals surface area contributed by atoms with Crippen LogP contribution in [0.1, 0.15) is 21.6 Å². The van der Waals surface area contributed by atoms with Gasteiger partial charge in [0.05, 0.1) is 21.7 Å². The number of nitrogens with one attached hydrogen (secondary N) is 2. The summed E-state index contributed by atoms with van der Waals surface area (Å²) in [5.41, 5.74) is 4.21. The Balaban J connectivity index is 1.63. The van der Waals surface area contributed by atoms with Crippen molar-refractivity contribution in [3.63, 3.8) is 0 Å². The normalized spacial score (nSPS) is 11.3. The van der Waals surface area contributed by atoms with Gasteiger partial charge < -0.3 is 5.32 Å². The molecule has 1 amide bonds. The van der Waals surface area contributed by atoms with E-state index in [1.165, 1.54) is 19.2 Å². The Labute approximate surface area is 172 Å². The van der Waals surface area contributed by atoms with Crippen molar-refractivity contribution in [1.29, 1.82) is 0 Å². The summed E-state index contributed by atoms with van der Waals surface area (Å²) in [6.45, 7) is 0.309. The molecule has 2 N–H and O–H groups in total. The van der Waals surface area contributed by atoms with Crippen LogP contribution in [0.15, 0.2) is 69.2 Å². The van der Waals surface area contributed by atoms with Gasteiger partial charge in [0, 0.05) is 22.6 Å². The lowest BCUT2D eigenvalue weighted by atomic mass is 10.2. The van der Waals surface area contributed by atoms with Crippen LogP contribution in [0.2, 0.25) is 0 Å². The minimum Gasteiger partial charge on any atom is -0.348 e. The Morgan fingerprint density at radius 2 is 1.89 bits per heavy atom. The van der Waals surface area contributed by atoms with E-state index in [4.69, 9.17) is 0 Å². The molecule has 1 heterocycles. The number of amides is 1. The molecule has 28 heavy (non-hydrogen) atoms. The molecule has 0 spiro atoms. The monoisotopic (exact) mass is 433 g/mol. The van der Waals surface area contributed by atoms with Gasteiger partial charge in [-0.1, -0.05) is 24.3 Å². The predicted octanol–water partition coefficient (Wildman–Crippen LogP) is 3.27. The average molecular weight is 434 g/mol. The van der Waals surface area contributed by atoms with Crippen LogP contribution in [0.25, 0.3) is 0 Å². The maximum Gasteiger partial charge on any atom is 0.252 e. The first-order chi connectivity index (χ1) is 13.5. The van der Waals surface area contributed by atoms with E-state index < -0.39 is 10.0 Å². The van der Waals surface area contributed by atoms with E-state index in [0.29, 0.717) is 17.9 Å². The number of aromatic nitrogens is 1. The summed E-state index contributed by atoms with van der Waals surface area (Å²) >= 11 is 3.12. The number of benzene rings is 2. The van der Waals surface area contributed by atoms with Gasteiger partial charge in [0.1, 0.15) is 0 Å². The highest BCUT2D eigenvalue weighted by atomic mass is 32.2. The number of carbonyl (C=O) groups is 1. The van der Waals surface area contributed by atoms with Crippen LogP contribution in [0.3, 0.4) is 0 Å². The summed E-state index contributed by atoms with van der Waals surface area (Å²) in [5, 5.41) is 4.88. The van der Waals surface area contributed by atoms with E-state index in [-0.39, 0.29) is 10.8 Å². The molecule has 9 heteroatoms. The zero-order valence-corrected chi connectivity index (χ0v) is 17.5. The molecule has 0 aliphatic rings. The molecular weight excluding hydrogens is 414 g/mol. The second-order valence-corrected chi connectivity index (χ2v) is 9.42. The van der Waals surface area contributed by atoms with E-state index in [2.05, 4.69) is 15.0 Å². The summed E-state index contributed by atoms with van der Waals surface area (Å²) in [5.74, 6) is 0.531. The van der Waals surface area contributed by atoms with Crippen molar-refractivity contribution in [2.75, 3.05) is 7.05 Å². The molecular formula is C19H19N3O3S3. The van der Waals surface area contributed by atoms with Crippen LogP contribution >= 0.6 is 23.1 Å². The van der Waals surface area contributed by atoms with Crippen molar-refractivity contribution < 1.29 is 13.2 Å². The highest BCUT2D eigenvalue weighted by Gasteiger charge is 2.13. The van der Waals surface area contributed by atoms with Crippen LogP contribution in [-0.4, -0.2) is 26.4 Å². The van der Waals surface area contributed by atoms with Gasteiger partial charge >= 0.3 is 0 Å². The van der Waals surface area contributed by atoms with Crippen molar-refractivity contribution in [3.8, 4) is 0 Å². The first kappa shape index (κ1) is 20.5. The van der Waals surface area contributed by atoms with Crippen molar-refractivity contribution in [1.82, 2.24) is 15.0 Å². The van der Waals surface area contributed by atoms with Gasteiger partial charge in [0.25, 0.3) is 5.91 Å². The maximum atomic E-state index is 12.6. The number of hydrogen-bond acceptors (Lipinski definition) is 6. The fourth-order valence-electron chi connectivity index (χ4n) is 2.42. The molecule has 0 fully saturated rings. The lowest BCUT2D eigenvalue weighted by Crippen LogP contribution is -2.23. The summed E-state index contributed by atoms with van der Waals surface area (Å²) in [4.78, 5) is 18.0. The van der Waals surface area contributed by atoms with Gasteiger partial charge in [0.15, 0.2) is 0 Å². The average Bonchev–Trinajstić information content (AvgIpc) is 3.24. The Kier molecular flexibility index (Phi) is 6.84. The fraction of sp³-hybridized carbons (Fsp3) is 0.158. The lowest BCUT2D eigenvalue weighted by molar-refractivity contribution is 0.0948. The molecule has 6 nitrogen and oxygen atoms in total. The molecule has 146 valence electrons. The van der Waals surface area contributed by atoms with E-state index in [1.54, 1.807) is 46.8 Å². The number of thioether (sulfide) groups is 1. The van der Waals surface area contributed by atoms with Gasteiger partial charge in [-0.05, 0) is 36.9 Å². The quantitative estimate of drug-likeness (QED) is 0.532. The van der Waals surface area contributed by atoms with Crippen LogP contribution in [0.5, 0.6) is 0 Å². The second-order valence-electron chi connectivity index (χ2n) is 5.80. The molecule has 2 aromatic carbocycles. The van der Waals surface area contributed by atoms with Gasteiger partial charge in [-0.3, -0.25) is 4.79 Å². The SMILES string of the molecule is CNS(=O)(=O)c1ccc(CNC(=O)c2ccccc2SCc2cscn2)cc1. The number of rotatable bonds is 8. The van der Waals surface area contributed by atoms with Crippen molar-refractivity contribution in [3.05, 3.63) is 76.2 Å². The zero-order valence-electron chi connectivity index (χ0n) is 15.1. The van der Waals surface area contributed by atoms with Gasteiger partial charge in [-0.25, -0.2) is 18.1 Å². The molecule has 0 bridgehead atoms. The first-order valence-corrected chi connectivity index (χ1v) is 11.8. The van der Waals surface area contributed by atoms with Gasteiger partial charge in [-0.15, -0.1) is 23.1 Å². The largest absolute Gasteiger partial charge is 0.348 e. The first-order valence-electron chi connectivity index (χ1n) is 8.39. The van der Waals surface area contributed by atoms with Crippen LogP contribution in [-0.2, 0) is 22.3 Å².